The second-order valence-corrected chi connectivity index (χ2v) is 6.84. The van der Waals surface area contributed by atoms with Gasteiger partial charge in [0.25, 0.3) is 5.91 Å². The molecule has 0 saturated heterocycles. The summed E-state index contributed by atoms with van der Waals surface area (Å²) in [7, 11) is 0. The molecule has 0 fully saturated rings. The monoisotopic (exact) mass is 383 g/mol. The predicted octanol–water partition coefficient (Wildman–Crippen LogP) is 3.31. The van der Waals surface area contributed by atoms with E-state index in [-0.39, 0.29) is 18.0 Å². The van der Waals surface area contributed by atoms with E-state index in [2.05, 4.69) is 16.0 Å². The van der Waals surface area contributed by atoms with Gasteiger partial charge in [0.1, 0.15) is 0 Å². The van der Waals surface area contributed by atoms with E-state index in [1.54, 1.807) is 30.3 Å². The number of carbonyl (C=O) groups excluding carboxylic acids is 2. The minimum absolute atomic E-state index is 0.0796. The molecule has 7 nitrogen and oxygen atoms in total. The zero-order valence-electron chi connectivity index (χ0n) is 16.1. The number of ether oxygens (including phenoxy) is 2. The first-order chi connectivity index (χ1) is 13.5. The predicted molar refractivity (Wildman–Crippen MR) is 107 cm³/mol. The second kappa shape index (κ2) is 9.12. The summed E-state index contributed by atoms with van der Waals surface area (Å²) >= 11 is 0. The number of hydrogen-bond donors (Lipinski definition) is 3. The summed E-state index contributed by atoms with van der Waals surface area (Å²) in [6.07, 6.45) is 0.830. The molecule has 0 bridgehead atoms. The number of benzene rings is 2. The van der Waals surface area contributed by atoms with Gasteiger partial charge >= 0.3 is 6.03 Å². The van der Waals surface area contributed by atoms with Crippen LogP contribution in [0.15, 0.2) is 42.5 Å². The molecule has 3 N–H and O–H groups in total. The highest BCUT2D eigenvalue weighted by Gasteiger charge is 2.13. The molecular formula is C21H25N3O4. The Morgan fingerprint density at radius 1 is 1.00 bits per heavy atom. The number of fused-ring (bicyclic) bond motifs is 1. The van der Waals surface area contributed by atoms with Gasteiger partial charge < -0.3 is 25.4 Å². The molecule has 0 radical (unpaired) electrons. The topological polar surface area (TPSA) is 88.7 Å². The van der Waals surface area contributed by atoms with E-state index < -0.39 is 0 Å². The van der Waals surface area contributed by atoms with Crippen LogP contribution < -0.4 is 25.4 Å². The molecule has 0 saturated carbocycles. The third kappa shape index (κ3) is 5.39. The normalized spacial score (nSPS) is 12.8. The molecule has 0 aliphatic carbocycles. The van der Waals surface area contributed by atoms with Crippen molar-refractivity contribution in [2.24, 2.45) is 0 Å². The first-order valence-electron chi connectivity index (χ1n) is 9.35. The zero-order valence-corrected chi connectivity index (χ0v) is 16.1. The smallest absolute Gasteiger partial charge is 0.315 e. The minimum atomic E-state index is -0.216. The molecule has 0 aromatic heterocycles. The molecule has 0 unspecified atom stereocenters. The lowest BCUT2D eigenvalue weighted by atomic mass is 10.1. The van der Waals surface area contributed by atoms with Crippen molar-refractivity contribution in [3.63, 3.8) is 0 Å². The van der Waals surface area contributed by atoms with Gasteiger partial charge in [0.05, 0.1) is 13.2 Å². The Balaban J connectivity index is 1.57. The summed E-state index contributed by atoms with van der Waals surface area (Å²) < 4.78 is 11.2. The standard InChI is InChI=1S/C21H25N3O4/c1-14(2)23-21(26)22-13-15-4-6-16(7-5-15)20(25)24-17-8-9-18-19(12-17)28-11-3-10-27-18/h4-9,12,14H,3,10-11,13H2,1-2H3,(H,24,25)(H2,22,23,26). The maximum atomic E-state index is 12.5. The molecule has 1 aliphatic heterocycles. The van der Waals surface area contributed by atoms with E-state index in [9.17, 15) is 9.59 Å². The van der Waals surface area contributed by atoms with Crippen LogP contribution >= 0.6 is 0 Å². The summed E-state index contributed by atoms with van der Waals surface area (Å²) in [5.41, 5.74) is 2.08. The van der Waals surface area contributed by atoms with E-state index in [0.29, 0.717) is 42.5 Å². The fourth-order valence-corrected chi connectivity index (χ4v) is 2.71. The van der Waals surface area contributed by atoms with Gasteiger partial charge in [-0.15, -0.1) is 0 Å². The summed E-state index contributed by atoms with van der Waals surface area (Å²) in [6.45, 7) is 5.41. The fraction of sp³-hybridized carbons (Fsp3) is 0.333. The van der Waals surface area contributed by atoms with Gasteiger partial charge in [-0.2, -0.15) is 0 Å². The van der Waals surface area contributed by atoms with Crippen molar-refractivity contribution in [3.05, 3.63) is 53.6 Å². The van der Waals surface area contributed by atoms with Crippen molar-refractivity contribution >= 4 is 17.6 Å². The van der Waals surface area contributed by atoms with E-state index in [4.69, 9.17) is 9.47 Å². The van der Waals surface area contributed by atoms with Crippen LogP contribution in [-0.2, 0) is 6.54 Å². The quantitative estimate of drug-likeness (QED) is 0.739. The average Bonchev–Trinajstić information content (AvgIpc) is 2.91. The van der Waals surface area contributed by atoms with Crippen LogP contribution in [-0.4, -0.2) is 31.2 Å². The van der Waals surface area contributed by atoms with Crippen LogP contribution in [0.25, 0.3) is 0 Å². The van der Waals surface area contributed by atoms with Crippen molar-refractivity contribution in [1.29, 1.82) is 0 Å². The SMILES string of the molecule is CC(C)NC(=O)NCc1ccc(C(=O)Nc2ccc3c(c2)OCCCO3)cc1. The third-order valence-electron chi connectivity index (χ3n) is 4.09. The molecule has 2 aromatic rings. The molecule has 1 heterocycles. The Labute approximate surface area is 164 Å². The Morgan fingerprint density at radius 3 is 2.43 bits per heavy atom. The van der Waals surface area contributed by atoms with Gasteiger partial charge in [0.2, 0.25) is 0 Å². The highest BCUT2D eigenvalue weighted by atomic mass is 16.5. The molecule has 3 amide bonds. The van der Waals surface area contributed by atoms with Crippen LogP contribution in [0.5, 0.6) is 11.5 Å². The maximum absolute atomic E-state index is 12.5. The highest BCUT2D eigenvalue weighted by molar-refractivity contribution is 6.04. The Hall–Kier alpha value is -3.22. The first kappa shape index (κ1) is 19.5. The molecular weight excluding hydrogens is 358 g/mol. The van der Waals surface area contributed by atoms with E-state index in [1.165, 1.54) is 0 Å². The molecule has 1 aliphatic rings. The number of carbonyl (C=O) groups is 2. The van der Waals surface area contributed by atoms with Crippen molar-refractivity contribution in [2.75, 3.05) is 18.5 Å². The van der Waals surface area contributed by atoms with E-state index >= 15 is 0 Å². The van der Waals surface area contributed by atoms with Gasteiger partial charge in [0, 0.05) is 36.3 Å². The Bertz CT molecular complexity index is 834. The number of urea groups is 1. The lowest BCUT2D eigenvalue weighted by molar-refractivity contribution is 0.102. The van der Waals surface area contributed by atoms with Crippen LogP contribution in [0.3, 0.4) is 0 Å². The van der Waals surface area contributed by atoms with Crippen molar-refractivity contribution in [1.82, 2.24) is 10.6 Å². The molecule has 148 valence electrons. The Morgan fingerprint density at radius 2 is 1.71 bits per heavy atom. The molecule has 2 aromatic carbocycles. The summed E-state index contributed by atoms with van der Waals surface area (Å²) in [5.74, 6) is 1.11. The summed E-state index contributed by atoms with van der Waals surface area (Å²) in [4.78, 5) is 24.1. The van der Waals surface area contributed by atoms with E-state index in [0.717, 1.165) is 12.0 Å². The maximum Gasteiger partial charge on any atom is 0.315 e. The van der Waals surface area contributed by atoms with Gasteiger partial charge in [-0.3, -0.25) is 4.79 Å². The fourth-order valence-electron chi connectivity index (χ4n) is 2.71. The largest absolute Gasteiger partial charge is 0.490 e. The summed E-state index contributed by atoms with van der Waals surface area (Å²) in [6, 6.07) is 12.3. The van der Waals surface area contributed by atoms with Crippen molar-refractivity contribution < 1.29 is 19.1 Å². The number of hydrogen-bond acceptors (Lipinski definition) is 4. The van der Waals surface area contributed by atoms with E-state index in [1.807, 2.05) is 26.0 Å². The molecule has 0 atom stereocenters. The van der Waals surface area contributed by atoms with Crippen LogP contribution in [0.2, 0.25) is 0 Å². The number of nitrogens with one attached hydrogen (secondary N) is 3. The van der Waals surface area contributed by atoms with Gasteiger partial charge in [-0.05, 0) is 43.7 Å². The van der Waals surface area contributed by atoms with Crippen LogP contribution in [0.1, 0.15) is 36.2 Å². The number of anilines is 1. The highest BCUT2D eigenvalue weighted by Crippen LogP contribution is 2.32. The second-order valence-electron chi connectivity index (χ2n) is 6.84. The van der Waals surface area contributed by atoms with Crippen molar-refractivity contribution in [3.8, 4) is 11.5 Å². The average molecular weight is 383 g/mol. The molecule has 0 spiro atoms. The third-order valence-corrected chi connectivity index (χ3v) is 4.09. The lowest BCUT2D eigenvalue weighted by Gasteiger charge is -2.11. The zero-order chi connectivity index (χ0) is 19.9. The summed E-state index contributed by atoms with van der Waals surface area (Å²) in [5, 5.41) is 8.40. The number of rotatable bonds is 5. The lowest BCUT2D eigenvalue weighted by Crippen LogP contribution is -2.39. The van der Waals surface area contributed by atoms with Crippen LogP contribution in [0, 0.1) is 0 Å². The molecule has 28 heavy (non-hydrogen) atoms. The minimum Gasteiger partial charge on any atom is -0.490 e. The van der Waals surface area contributed by atoms with Gasteiger partial charge in [0.15, 0.2) is 11.5 Å². The Kier molecular flexibility index (Phi) is 6.37. The van der Waals surface area contributed by atoms with Gasteiger partial charge in [-0.25, -0.2) is 4.79 Å². The molecule has 3 rings (SSSR count). The molecule has 7 heteroatoms. The number of amides is 3. The first-order valence-corrected chi connectivity index (χ1v) is 9.35. The van der Waals surface area contributed by atoms with Crippen molar-refractivity contribution in [2.45, 2.75) is 32.9 Å². The van der Waals surface area contributed by atoms with Crippen LogP contribution in [0.4, 0.5) is 10.5 Å². The van der Waals surface area contributed by atoms with Gasteiger partial charge in [-0.1, -0.05) is 12.1 Å².